The number of nitrogens with zero attached hydrogens (tertiary/aromatic N) is 1. The maximum Gasteiger partial charge on any atom is 0.226 e. The summed E-state index contributed by atoms with van der Waals surface area (Å²) in [6.07, 6.45) is 2.64. The Bertz CT molecular complexity index is 971. The lowest BCUT2D eigenvalue weighted by molar-refractivity contribution is -0.120. The van der Waals surface area contributed by atoms with Gasteiger partial charge in [-0.2, -0.15) is 0 Å². The summed E-state index contributed by atoms with van der Waals surface area (Å²) in [7, 11) is 0. The number of halogens is 1. The van der Waals surface area contributed by atoms with Gasteiger partial charge in [0.2, 0.25) is 5.91 Å². The predicted octanol–water partition coefficient (Wildman–Crippen LogP) is 4.84. The molecule has 0 spiro atoms. The molecule has 1 amide bonds. The van der Waals surface area contributed by atoms with Crippen LogP contribution in [0.3, 0.4) is 0 Å². The highest BCUT2D eigenvalue weighted by Crippen LogP contribution is 2.26. The third kappa shape index (κ3) is 5.88. The van der Waals surface area contributed by atoms with E-state index in [-0.39, 0.29) is 18.1 Å². The molecule has 29 heavy (non-hydrogen) atoms. The zero-order valence-electron chi connectivity index (χ0n) is 16.7. The van der Waals surface area contributed by atoms with Crippen LogP contribution in [0.4, 0.5) is 4.39 Å². The fraction of sp³-hybridized carbons (Fsp3) is 0.250. The Balaban J connectivity index is 1.59. The van der Waals surface area contributed by atoms with E-state index >= 15 is 0 Å². The molecule has 3 aromatic rings. The Morgan fingerprint density at radius 1 is 1.14 bits per heavy atom. The van der Waals surface area contributed by atoms with Crippen molar-refractivity contribution in [1.29, 1.82) is 0 Å². The number of rotatable bonds is 8. The topological polar surface area (TPSA) is 51.2 Å². The Labute approximate surface area is 170 Å². The van der Waals surface area contributed by atoms with Gasteiger partial charge in [0.15, 0.2) is 0 Å². The molecule has 1 heterocycles. The van der Waals surface area contributed by atoms with E-state index < -0.39 is 0 Å². The number of hydrogen-bond donors (Lipinski definition) is 1. The molecule has 0 aliphatic carbocycles. The largest absolute Gasteiger partial charge is 0.494 e. The lowest BCUT2D eigenvalue weighted by Crippen LogP contribution is -2.24. The maximum atomic E-state index is 14.4. The minimum absolute atomic E-state index is 0.102. The molecule has 150 valence electrons. The van der Waals surface area contributed by atoms with Crippen LogP contribution >= 0.6 is 0 Å². The summed E-state index contributed by atoms with van der Waals surface area (Å²) in [5.74, 6) is 0.0578. The van der Waals surface area contributed by atoms with Gasteiger partial charge in [-0.25, -0.2) is 4.39 Å². The highest BCUT2D eigenvalue weighted by atomic mass is 19.1. The molecule has 0 atom stereocenters. The van der Waals surface area contributed by atoms with Crippen LogP contribution in [0.25, 0.3) is 11.1 Å². The SMILES string of the molecule is CCCOc1ccc(-c2ccc(CC(=O)NCc3cccc(C)c3)nc2)c(F)c1. The zero-order valence-corrected chi connectivity index (χ0v) is 16.7. The summed E-state index contributed by atoms with van der Waals surface area (Å²) in [5.41, 5.74) is 3.97. The van der Waals surface area contributed by atoms with Gasteiger partial charge in [0, 0.05) is 35.6 Å². The lowest BCUT2D eigenvalue weighted by Gasteiger charge is -2.09. The highest BCUT2D eigenvalue weighted by molar-refractivity contribution is 5.78. The van der Waals surface area contributed by atoms with Crippen molar-refractivity contribution in [3.05, 3.63) is 83.4 Å². The van der Waals surface area contributed by atoms with Crippen molar-refractivity contribution in [1.82, 2.24) is 10.3 Å². The van der Waals surface area contributed by atoms with E-state index in [9.17, 15) is 9.18 Å². The van der Waals surface area contributed by atoms with Crippen molar-refractivity contribution >= 4 is 5.91 Å². The number of nitrogens with one attached hydrogen (secondary N) is 1. The number of aryl methyl sites for hydroxylation is 1. The van der Waals surface area contributed by atoms with Gasteiger partial charge in [0.25, 0.3) is 0 Å². The summed E-state index contributed by atoms with van der Waals surface area (Å²) >= 11 is 0. The van der Waals surface area contributed by atoms with Gasteiger partial charge in [-0.1, -0.05) is 42.8 Å². The number of carbonyl (C=O) groups is 1. The molecule has 0 bridgehead atoms. The number of ether oxygens (including phenoxy) is 1. The van der Waals surface area contributed by atoms with E-state index in [4.69, 9.17) is 4.74 Å². The van der Waals surface area contributed by atoms with Crippen molar-refractivity contribution in [3.63, 3.8) is 0 Å². The molecule has 0 fully saturated rings. The minimum atomic E-state index is -0.357. The van der Waals surface area contributed by atoms with Crippen LogP contribution in [0.15, 0.2) is 60.8 Å². The maximum absolute atomic E-state index is 14.4. The number of benzene rings is 2. The van der Waals surface area contributed by atoms with Crippen LogP contribution in [0.2, 0.25) is 0 Å². The van der Waals surface area contributed by atoms with E-state index in [2.05, 4.69) is 10.3 Å². The summed E-state index contributed by atoms with van der Waals surface area (Å²) < 4.78 is 19.8. The fourth-order valence-electron chi connectivity index (χ4n) is 2.98. The van der Waals surface area contributed by atoms with E-state index in [0.29, 0.717) is 35.7 Å². The number of amides is 1. The van der Waals surface area contributed by atoms with Gasteiger partial charge in [-0.3, -0.25) is 9.78 Å². The lowest BCUT2D eigenvalue weighted by atomic mass is 10.1. The Morgan fingerprint density at radius 3 is 2.69 bits per heavy atom. The average Bonchev–Trinajstić information content (AvgIpc) is 2.72. The number of pyridine rings is 1. The van der Waals surface area contributed by atoms with Crippen LogP contribution in [0.1, 0.15) is 30.2 Å². The average molecular weight is 392 g/mol. The number of aromatic nitrogens is 1. The predicted molar refractivity (Wildman–Crippen MR) is 112 cm³/mol. The Hall–Kier alpha value is -3.21. The standard InChI is InChI=1S/C24H25FN2O2/c1-3-11-29-21-9-10-22(23(25)14-21)19-7-8-20(26-16-19)13-24(28)27-15-18-6-4-5-17(2)12-18/h4-10,12,14,16H,3,11,13,15H2,1-2H3,(H,27,28). The van der Waals surface area contributed by atoms with E-state index in [0.717, 1.165) is 17.5 Å². The quantitative estimate of drug-likeness (QED) is 0.597. The summed E-state index contributed by atoms with van der Waals surface area (Å²) in [4.78, 5) is 16.5. The van der Waals surface area contributed by atoms with Gasteiger partial charge in [-0.15, -0.1) is 0 Å². The summed E-state index contributed by atoms with van der Waals surface area (Å²) in [6.45, 7) is 5.06. The molecule has 0 radical (unpaired) electrons. The van der Waals surface area contributed by atoms with E-state index in [1.807, 2.05) is 38.1 Å². The second kappa shape index (κ2) is 9.82. The molecular formula is C24H25FN2O2. The Kier molecular flexibility index (Phi) is 6.95. The first kappa shape index (κ1) is 20.5. The monoisotopic (exact) mass is 392 g/mol. The smallest absolute Gasteiger partial charge is 0.226 e. The van der Waals surface area contributed by atoms with Gasteiger partial charge in [0.1, 0.15) is 11.6 Å². The van der Waals surface area contributed by atoms with Crippen LogP contribution < -0.4 is 10.1 Å². The first-order valence-electron chi connectivity index (χ1n) is 9.75. The van der Waals surface area contributed by atoms with Crippen LogP contribution in [-0.4, -0.2) is 17.5 Å². The van der Waals surface area contributed by atoms with Crippen LogP contribution in [0, 0.1) is 12.7 Å². The van der Waals surface area contributed by atoms with Crippen molar-refractivity contribution in [2.75, 3.05) is 6.61 Å². The first-order chi connectivity index (χ1) is 14.0. The molecule has 4 nitrogen and oxygen atoms in total. The molecule has 0 saturated carbocycles. The van der Waals surface area contributed by atoms with Gasteiger partial charge in [0.05, 0.1) is 13.0 Å². The van der Waals surface area contributed by atoms with Gasteiger partial charge in [-0.05, 0) is 37.1 Å². The molecule has 0 saturated heterocycles. The van der Waals surface area contributed by atoms with Crippen LogP contribution in [-0.2, 0) is 17.8 Å². The second-order valence-corrected chi connectivity index (χ2v) is 6.97. The normalized spacial score (nSPS) is 10.6. The van der Waals surface area contributed by atoms with Crippen molar-refractivity contribution in [3.8, 4) is 16.9 Å². The summed E-state index contributed by atoms with van der Waals surface area (Å²) in [5, 5.41) is 2.90. The molecule has 2 aromatic carbocycles. The molecule has 1 N–H and O–H groups in total. The highest BCUT2D eigenvalue weighted by Gasteiger charge is 2.09. The Morgan fingerprint density at radius 2 is 2.00 bits per heavy atom. The molecule has 0 unspecified atom stereocenters. The van der Waals surface area contributed by atoms with Crippen molar-refractivity contribution in [2.24, 2.45) is 0 Å². The van der Waals surface area contributed by atoms with Crippen molar-refractivity contribution in [2.45, 2.75) is 33.2 Å². The third-order valence-electron chi connectivity index (χ3n) is 4.46. The van der Waals surface area contributed by atoms with Crippen molar-refractivity contribution < 1.29 is 13.9 Å². The molecular weight excluding hydrogens is 367 g/mol. The molecule has 0 aliphatic heterocycles. The number of hydrogen-bond acceptors (Lipinski definition) is 3. The summed E-state index contributed by atoms with van der Waals surface area (Å²) in [6, 6.07) is 16.4. The minimum Gasteiger partial charge on any atom is -0.494 e. The third-order valence-corrected chi connectivity index (χ3v) is 4.46. The number of carbonyl (C=O) groups excluding carboxylic acids is 1. The van der Waals surface area contributed by atoms with Crippen LogP contribution in [0.5, 0.6) is 5.75 Å². The molecule has 0 aliphatic rings. The van der Waals surface area contributed by atoms with Gasteiger partial charge >= 0.3 is 0 Å². The van der Waals surface area contributed by atoms with Gasteiger partial charge < -0.3 is 10.1 Å². The van der Waals surface area contributed by atoms with E-state index in [1.165, 1.54) is 6.07 Å². The molecule has 1 aromatic heterocycles. The molecule has 5 heteroatoms. The second-order valence-electron chi connectivity index (χ2n) is 6.97. The first-order valence-corrected chi connectivity index (χ1v) is 9.75. The van der Waals surface area contributed by atoms with E-state index in [1.54, 1.807) is 30.5 Å². The fourth-order valence-corrected chi connectivity index (χ4v) is 2.98. The zero-order chi connectivity index (χ0) is 20.6. The molecule has 3 rings (SSSR count).